The van der Waals surface area contributed by atoms with Crippen molar-refractivity contribution in [2.24, 2.45) is 0 Å². The fourth-order valence-electron chi connectivity index (χ4n) is 2.89. The summed E-state index contributed by atoms with van der Waals surface area (Å²) in [6, 6.07) is 18.0. The first-order chi connectivity index (χ1) is 15.6. The maximum absolute atomic E-state index is 13.0. The standard InChI is InChI=1S/C24H22FNO6S/c1-16(23(27)18-8-12-21(13-9-18)26-33(2,29)30)32-24(28)19-4-3-5-22(14-19)31-15-17-6-10-20(25)11-7-17/h3-14,16,26H,15H2,1-2H3. The van der Waals surface area contributed by atoms with Crippen LogP contribution >= 0.6 is 0 Å². The Kier molecular flexibility index (Phi) is 7.44. The number of carbonyl (C=O) groups is 2. The van der Waals surface area contributed by atoms with Gasteiger partial charge in [0.25, 0.3) is 0 Å². The van der Waals surface area contributed by atoms with E-state index in [9.17, 15) is 22.4 Å². The highest BCUT2D eigenvalue weighted by molar-refractivity contribution is 7.92. The summed E-state index contributed by atoms with van der Waals surface area (Å²) in [5, 5.41) is 0. The highest BCUT2D eigenvalue weighted by Crippen LogP contribution is 2.18. The quantitative estimate of drug-likeness (QED) is 0.371. The topological polar surface area (TPSA) is 98.8 Å². The summed E-state index contributed by atoms with van der Waals surface area (Å²) in [5.41, 5.74) is 1.56. The lowest BCUT2D eigenvalue weighted by atomic mass is 10.1. The van der Waals surface area contributed by atoms with Crippen LogP contribution in [0.1, 0.15) is 33.2 Å². The van der Waals surface area contributed by atoms with E-state index in [0.29, 0.717) is 11.4 Å². The van der Waals surface area contributed by atoms with Gasteiger partial charge < -0.3 is 9.47 Å². The number of ether oxygens (including phenoxy) is 2. The molecule has 33 heavy (non-hydrogen) atoms. The molecule has 0 amide bonds. The van der Waals surface area contributed by atoms with Crippen molar-refractivity contribution in [3.8, 4) is 5.75 Å². The largest absolute Gasteiger partial charge is 0.489 e. The van der Waals surface area contributed by atoms with Crippen molar-refractivity contribution in [1.29, 1.82) is 0 Å². The number of sulfonamides is 1. The minimum Gasteiger partial charge on any atom is -0.489 e. The Bertz CT molecular complexity index is 1240. The zero-order chi connectivity index (χ0) is 24.0. The minimum atomic E-state index is -3.43. The van der Waals surface area contributed by atoms with Crippen LogP contribution in [0.2, 0.25) is 0 Å². The monoisotopic (exact) mass is 471 g/mol. The molecule has 1 N–H and O–H groups in total. The Morgan fingerprint density at radius 3 is 2.27 bits per heavy atom. The number of benzene rings is 3. The van der Waals surface area contributed by atoms with Crippen LogP contribution in [0.25, 0.3) is 0 Å². The van der Waals surface area contributed by atoms with Gasteiger partial charge in [0, 0.05) is 11.3 Å². The normalized spacial score (nSPS) is 12.0. The third-order valence-electron chi connectivity index (χ3n) is 4.51. The summed E-state index contributed by atoms with van der Waals surface area (Å²) in [4.78, 5) is 25.1. The van der Waals surface area contributed by atoms with Gasteiger partial charge in [-0.3, -0.25) is 9.52 Å². The molecule has 0 spiro atoms. The molecule has 1 atom stereocenters. The number of Topliss-reactive ketones (excluding diaryl/α,β-unsaturated/α-hetero) is 1. The molecule has 3 rings (SSSR count). The number of halogens is 1. The molecule has 0 heterocycles. The second-order valence-electron chi connectivity index (χ2n) is 7.31. The average Bonchev–Trinajstić information content (AvgIpc) is 2.78. The van der Waals surface area contributed by atoms with Gasteiger partial charge >= 0.3 is 5.97 Å². The van der Waals surface area contributed by atoms with Crippen LogP contribution in [0.5, 0.6) is 5.75 Å². The predicted octanol–water partition coefficient (Wildman–Crippen LogP) is 4.20. The molecule has 0 aliphatic heterocycles. The molecule has 9 heteroatoms. The van der Waals surface area contributed by atoms with E-state index >= 15 is 0 Å². The maximum atomic E-state index is 13.0. The lowest BCUT2D eigenvalue weighted by Gasteiger charge is -2.13. The van der Waals surface area contributed by atoms with Crippen molar-refractivity contribution in [2.75, 3.05) is 11.0 Å². The van der Waals surface area contributed by atoms with Gasteiger partial charge in [-0.1, -0.05) is 18.2 Å². The molecular weight excluding hydrogens is 449 g/mol. The Morgan fingerprint density at radius 1 is 0.970 bits per heavy atom. The lowest BCUT2D eigenvalue weighted by molar-refractivity contribution is 0.0318. The van der Waals surface area contributed by atoms with E-state index in [1.54, 1.807) is 24.3 Å². The van der Waals surface area contributed by atoms with Crippen LogP contribution in [-0.4, -0.2) is 32.5 Å². The fourth-order valence-corrected chi connectivity index (χ4v) is 3.46. The predicted molar refractivity (Wildman–Crippen MR) is 121 cm³/mol. The zero-order valence-electron chi connectivity index (χ0n) is 17.9. The number of ketones is 1. The van der Waals surface area contributed by atoms with Gasteiger partial charge in [-0.05, 0) is 67.1 Å². The Balaban J connectivity index is 1.60. The van der Waals surface area contributed by atoms with E-state index < -0.39 is 27.9 Å². The van der Waals surface area contributed by atoms with Gasteiger partial charge in [-0.2, -0.15) is 0 Å². The first-order valence-corrected chi connectivity index (χ1v) is 11.8. The molecule has 0 aliphatic carbocycles. The van der Waals surface area contributed by atoms with Crippen molar-refractivity contribution in [3.63, 3.8) is 0 Å². The van der Waals surface area contributed by atoms with E-state index in [4.69, 9.17) is 9.47 Å². The molecule has 0 saturated heterocycles. The lowest BCUT2D eigenvalue weighted by Crippen LogP contribution is -2.24. The van der Waals surface area contributed by atoms with Crippen molar-refractivity contribution in [1.82, 2.24) is 0 Å². The number of carbonyl (C=O) groups excluding carboxylic acids is 2. The van der Waals surface area contributed by atoms with Gasteiger partial charge in [0.15, 0.2) is 6.10 Å². The summed E-state index contributed by atoms with van der Waals surface area (Å²) < 4.78 is 48.8. The number of esters is 1. The van der Waals surface area contributed by atoms with E-state index in [1.165, 1.54) is 55.5 Å². The van der Waals surface area contributed by atoms with Crippen LogP contribution < -0.4 is 9.46 Å². The first kappa shape index (κ1) is 23.9. The van der Waals surface area contributed by atoms with Crippen molar-refractivity contribution < 1.29 is 31.9 Å². The van der Waals surface area contributed by atoms with E-state index in [1.807, 2.05) is 0 Å². The summed E-state index contributed by atoms with van der Waals surface area (Å²) in [7, 11) is -3.43. The number of rotatable bonds is 9. The molecule has 0 radical (unpaired) electrons. The molecule has 3 aromatic carbocycles. The van der Waals surface area contributed by atoms with Gasteiger partial charge in [0.2, 0.25) is 15.8 Å². The molecule has 3 aromatic rings. The number of nitrogens with one attached hydrogen (secondary N) is 1. The summed E-state index contributed by atoms with van der Waals surface area (Å²) >= 11 is 0. The summed E-state index contributed by atoms with van der Waals surface area (Å²) in [6.45, 7) is 1.65. The molecule has 0 aliphatic rings. The third kappa shape index (κ3) is 7.15. The van der Waals surface area contributed by atoms with Crippen molar-refractivity contribution in [3.05, 3.63) is 95.3 Å². The van der Waals surface area contributed by atoms with Crippen molar-refractivity contribution >= 4 is 27.5 Å². The minimum absolute atomic E-state index is 0.192. The summed E-state index contributed by atoms with van der Waals surface area (Å²) in [5.74, 6) is -1.05. The van der Waals surface area contributed by atoms with Crippen LogP contribution in [0.4, 0.5) is 10.1 Å². The molecule has 0 aromatic heterocycles. The molecular formula is C24H22FNO6S. The smallest absolute Gasteiger partial charge is 0.338 e. The Labute approximate surface area is 191 Å². The van der Waals surface area contributed by atoms with E-state index in [2.05, 4.69) is 4.72 Å². The third-order valence-corrected chi connectivity index (χ3v) is 5.12. The highest BCUT2D eigenvalue weighted by atomic mass is 32.2. The average molecular weight is 472 g/mol. The Morgan fingerprint density at radius 2 is 1.64 bits per heavy atom. The van der Waals surface area contributed by atoms with Crippen LogP contribution in [0.15, 0.2) is 72.8 Å². The van der Waals surface area contributed by atoms with Crippen LogP contribution in [0, 0.1) is 5.82 Å². The van der Waals surface area contributed by atoms with Gasteiger partial charge in [-0.15, -0.1) is 0 Å². The van der Waals surface area contributed by atoms with E-state index in [0.717, 1.165) is 11.8 Å². The van der Waals surface area contributed by atoms with Crippen LogP contribution in [-0.2, 0) is 21.4 Å². The number of anilines is 1. The molecule has 0 fully saturated rings. The fraction of sp³-hybridized carbons (Fsp3) is 0.167. The summed E-state index contributed by atoms with van der Waals surface area (Å²) in [6.07, 6.45) is -0.0360. The molecule has 0 bridgehead atoms. The van der Waals surface area contributed by atoms with Gasteiger partial charge in [0.05, 0.1) is 11.8 Å². The van der Waals surface area contributed by atoms with Gasteiger partial charge in [-0.25, -0.2) is 17.6 Å². The molecule has 0 saturated carbocycles. The molecule has 1 unspecified atom stereocenters. The number of hydrogen-bond acceptors (Lipinski definition) is 6. The van der Waals surface area contributed by atoms with Gasteiger partial charge in [0.1, 0.15) is 18.2 Å². The second-order valence-corrected chi connectivity index (χ2v) is 9.05. The van der Waals surface area contributed by atoms with Crippen LogP contribution in [0.3, 0.4) is 0 Å². The maximum Gasteiger partial charge on any atom is 0.338 e. The second kappa shape index (κ2) is 10.3. The van der Waals surface area contributed by atoms with Crippen molar-refractivity contribution in [2.45, 2.75) is 19.6 Å². The Hall–Kier alpha value is -3.72. The zero-order valence-corrected chi connectivity index (χ0v) is 18.8. The molecule has 172 valence electrons. The van der Waals surface area contributed by atoms with E-state index in [-0.39, 0.29) is 23.6 Å². The SMILES string of the molecule is CC(OC(=O)c1cccc(OCc2ccc(F)cc2)c1)C(=O)c1ccc(NS(C)(=O)=O)cc1. The first-order valence-electron chi connectivity index (χ1n) is 9.91. The molecule has 7 nitrogen and oxygen atoms in total. The number of hydrogen-bond donors (Lipinski definition) is 1. The highest BCUT2D eigenvalue weighted by Gasteiger charge is 2.21.